The summed E-state index contributed by atoms with van der Waals surface area (Å²) >= 11 is 0. The number of nitrogens with zero attached hydrogens (tertiary/aromatic N) is 1. The van der Waals surface area contributed by atoms with Crippen molar-refractivity contribution in [2.24, 2.45) is 0 Å². The zero-order valence-corrected chi connectivity index (χ0v) is 11.3. The number of aliphatic carboxylic acids is 1. The summed E-state index contributed by atoms with van der Waals surface area (Å²) in [6, 6.07) is 12.0. The molecule has 1 aliphatic rings. The Morgan fingerprint density at radius 2 is 1.81 bits per heavy atom. The fourth-order valence-corrected chi connectivity index (χ4v) is 2.76. The smallest absolute Gasteiger partial charge is 0.326 e. The van der Waals surface area contributed by atoms with Gasteiger partial charge in [0.25, 0.3) is 5.91 Å². The summed E-state index contributed by atoms with van der Waals surface area (Å²) in [5.74, 6) is -1.44. The Balaban J connectivity index is 1.94. The van der Waals surface area contributed by atoms with Crippen molar-refractivity contribution in [2.75, 3.05) is 6.54 Å². The molecule has 2 atom stereocenters. The fourth-order valence-electron chi connectivity index (χ4n) is 2.76. The number of fused-ring (bicyclic) bond motifs is 1. The second kappa shape index (κ2) is 5.18. The van der Waals surface area contributed by atoms with Gasteiger partial charge in [-0.3, -0.25) is 4.79 Å². The van der Waals surface area contributed by atoms with Crippen molar-refractivity contribution in [3.8, 4) is 0 Å². The Bertz CT molecular complexity index is 712. The van der Waals surface area contributed by atoms with E-state index in [9.17, 15) is 14.7 Å². The lowest BCUT2D eigenvalue weighted by atomic mass is 10.1. The minimum absolute atomic E-state index is 0.0582. The van der Waals surface area contributed by atoms with Crippen LogP contribution in [-0.4, -0.2) is 45.7 Å². The van der Waals surface area contributed by atoms with Crippen LogP contribution in [0.4, 0.5) is 0 Å². The lowest BCUT2D eigenvalue weighted by molar-refractivity contribution is -0.141. The molecule has 5 nitrogen and oxygen atoms in total. The lowest BCUT2D eigenvalue weighted by Gasteiger charge is -2.21. The Labute approximate surface area is 121 Å². The van der Waals surface area contributed by atoms with E-state index in [1.54, 1.807) is 12.1 Å². The molecule has 0 aliphatic carbocycles. The van der Waals surface area contributed by atoms with Crippen molar-refractivity contribution in [3.63, 3.8) is 0 Å². The number of β-amino-alcohol motifs (C(OH)–C–C–N with tert-alkyl or cyclic N) is 1. The summed E-state index contributed by atoms with van der Waals surface area (Å²) in [5, 5.41) is 20.7. The number of carboxylic acids is 1. The molecule has 1 fully saturated rings. The monoisotopic (exact) mass is 285 g/mol. The van der Waals surface area contributed by atoms with Crippen LogP contribution in [0.25, 0.3) is 10.8 Å². The van der Waals surface area contributed by atoms with Gasteiger partial charge in [-0.15, -0.1) is 0 Å². The molecule has 21 heavy (non-hydrogen) atoms. The summed E-state index contributed by atoms with van der Waals surface area (Å²) in [5.41, 5.74) is 0.439. The van der Waals surface area contributed by atoms with Crippen molar-refractivity contribution >= 4 is 22.6 Å². The molecule has 5 heteroatoms. The number of amides is 1. The number of aliphatic hydroxyl groups excluding tert-OH is 1. The minimum Gasteiger partial charge on any atom is -0.480 e. The van der Waals surface area contributed by atoms with Gasteiger partial charge in [0.1, 0.15) is 6.04 Å². The van der Waals surface area contributed by atoms with Crippen molar-refractivity contribution in [1.82, 2.24) is 4.90 Å². The zero-order valence-electron chi connectivity index (χ0n) is 11.3. The van der Waals surface area contributed by atoms with Gasteiger partial charge in [-0.1, -0.05) is 30.3 Å². The maximum atomic E-state index is 12.5. The average Bonchev–Trinajstić information content (AvgIpc) is 2.88. The summed E-state index contributed by atoms with van der Waals surface area (Å²) in [4.78, 5) is 24.9. The van der Waals surface area contributed by atoms with Crippen LogP contribution < -0.4 is 0 Å². The van der Waals surface area contributed by atoms with E-state index >= 15 is 0 Å². The average molecular weight is 285 g/mol. The van der Waals surface area contributed by atoms with Crippen LogP contribution in [0.3, 0.4) is 0 Å². The Morgan fingerprint density at radius 3 is 2.52 bits per heavy atom. The quantitative estimate of drug-likeness (QED) is 0.876. The number of likely N-dealkylation sites (tertiary alicyclic amines) is 1. The van der Waals surface area contributed by atoms with Gasteiger partial charge in [-0.2, -0.15) is 0 Å². The molecule has 0 bridgehead atoms. The first-order valence-corrected chi connectivity index (χ1v) is 6.77. The topological polar surface area (TPSA) is 77.8 Å². The van der Waals surface area contributed by atoms with Gasteiger partial charge in [0, 0.05) is 18.5 Å². The molecule has 108 valence electrons. The second-order valence-corrected chi connectivity index (χ2v) is 5.26. The van der Waals surface area contributed by atoms with Gasteiger partial charge in [0.15, 0.2) is 0 Å². The summed E-state index contributed by atoms with van der Waals surface area (Å²) < 4.78 is 0. The SMILES string of the molecule is O=C(O)[C@@H]1CC(O)CN1C(=O)c1ccc2ccccc2c1. The first-order chi connectivity index (χ1) is 10.1. The molecule has 2 aromatic rings. The molecule has 0 spiro atoms. The number of hydrogen-bond donors (Lipinski definition) is 2. The molecule has 0 radical (unpaired) electrons. The molecule has 1 aliphatic heterocycles. The summed E-state index contributed by atoms with van der Waals surface area (Å²) in [7, 11) is 0. The maximum Gasteiger partial charge on any atom is 0.326 e. The van der Waals surface area contributed by atoms with E-state index in [4.69, 9.17) is 5.11 Å². The van der Waals surface area contributed by atoms with Crippen LogP contribution in [0.5, 0.6) is 0 Å². The number of hydrogen-bond acceptors (Lipinski definition) is 3. The molecule has 0 aromatic heterocycles. The van der Waals surface area contributed by atoms with Crippen molar-refractivity contribution in [3.05, 3.63) is 48.0 Å². The number of aliphatic hydroxyl groups is 1. The highest BCUT2D eigenvalue weighted by atomic mass is 16.4. The largest absolute Gasteiger partial charge is 0.480 e. The molecule has 1 unspecified atom stereocenters. The van der Waals surface area contributed by atoms with Gasteiger partial charge < -0.3 is 15.1 Å². The van der Waals surface area contributed by atoms with E-state index < -0.39 is 18.1 Å². The Hall–Kier alpha value is -2.40. The first-order valence-electron chi connectivity index (χ1n) is 6.77. The molecule has 2 N–H and O–H groups in total. The van der Waals surface area contributed by atoms with Crippen molar-refractivity contribution in [1.29, 1.82) is 0 Å². The second-order valence-electron chi connectivity index (χ2n) is 5.26. The van der Waals surface area contributed by atoms with E-state index in [0.717, 1.165) is 10.8 Å². The van der Waals surface area contributed by atoms with Gasteiger partial charge >= 0.3 is 5.97 Å². The van der Waals surface area contributed by atoms with Crippen LogP contribution in [0.1, 0.15) is 16.8 Å². The highest BCUT2D eigenvalue weighted by Crippen LogP contribution is 2.23. The number of carbonyl (C=O) groups excluding carboxylic acids is 1. The molecular weight excluding hydrogens is 270 g/mol. The third-order valence-corrected chi connectivity index (χ3v) is 3.82. The number of carboxylic acid groups (broad SMARTS) is 1. The normalized spacial score (nSPS) is 21.7. The summed E-state index contributed by atoms with van der Waals surface area (Å²) in [6.07, 6.45) is -0.704. The van der Waals surface area contributed by atoms with Crippen LogP contribution in [0, 0.1) is 0 Å². The highest BCUT2D eigenvalue weighted by molar-refractivity contribution is 6.00. The van der Waals surface area contributed by atoms with E-state index in [1.807, 2.05) is 30.3 Å². The molecule has 0 saturated carbocycles. The Kier molecular flexibility index (Phi) is 3.35. The molecule has 3 rings (SSSR count). The fraction of sp³-hybridized carbons (Fsp3) is 0.250. The molecule has 2 aromatic carbocycles. The van der Waals surface area contributed by atoms with E-state index in [2.05, 4.69) is 0 Å². The third kappa shape index (κ3) is 2.48. The number of rotatable bonds is 2. The Morgan fingerprint density at radius 1 is 1.10 bits per heavy atom. The van der Waals surface area contributed by atoms with Crippen LogP contribution >= 0.6 is 0 Å². The first kappa shape index (κ1) is 13.6. The van der Waals surface area contributed by atoms with Crippen molar-refractivity contribution in [2.45, 2.75) is 18.6 Å². The van der Waals surface area contributed by atoms with Gasteiger partial charge in [-0.05, 0) is 22.9 Å². The van der Waals surface area contributed by atoms with Crippen LogP contribution in [-0.2, 0) is 4.79 Å². The standard InChI is InChI=1S/C16H15NO4/c18-13-8-14(16(20)21)17(9-13)15(19)12-6-5-10-3-1-2-4-11(10)7-12/h1-7,13-14,18H,8-9H2,(H,20,21)/t13?,14-/m0/s1. The maximum absolute atomic E-state index is 12.5. The van der Waals surface area contributed by atoms with Crippen LogP contribution in [0.2, 0.25) is 0 Å². The van der Waals surface area contributed by atoms with Crippen molar-refractivity contribution < 1.29 is 19.8 Å². The third-order valence-electron chi connectivity index (χ3n) is 3.82. The number of carbonyl (C=O) groups is 2. The van der Waals surface area contributed by atoms with E-state index in [-0.39, 0.29) is 18.9 Å². The minimum atomic E-state index is -1.08. The summed E-state index contributed by atoms with van der Waals surface area (Å²) in [6.45, 7) is 0.0582. The van der Waals surface area contributed by atoms with Gasteiger partial charge in [0.05, 0.1) is 6.10 Å². The van der Waals surface area contributed by atoms with Crippen LogP contribution in [0.15, 0.2) is 42.5 Å². The predicted molar refractivity (Wildman–Crippen MR) is 77.0 cm³/mol. The van der Waals surface area contributed by atoms with Gasteiger partial charge in [-0.25, -0.2) is 4.79 Å². The number of benzene rings is 2. The molecular formula is C16H15NO4. The lowest BCUT2D eigenvalue weighted by Crippen LogP contribution is -2.40. The molecule has 1 heterocycles. The predicted octanol–water partition coefficient (Wildman–Crippen LogP) is 1.50. The van der Waals surface area contributed by atoms with E-state index in [1.165, 1.54) is 4.90 Å². The molecule has 1 amide bonds. The zero-order chi connectivity index (χ0) is 15.0. The van der Waals surface area contributed by atoms with E-state index in [0.29, 0.717) is 5.56 Å². The van der Waals surface area contributed by atoms with Gasteiger partial charge in [0.2, 0.25) is 0 Å². The molecule has 1 saturated heterocycles. The highest BCUT2D eigenvalue weighted by Gasteiger charge is 2.39.